The second-order valence-electron chi connectivity index (χ2n) is 7.26. The first-order valence-electron chi connectivity index (χ1n) is 9.71. The molecule has 8 nitrogen and oxygen atoms in total. The Balaban J connectivity index is 1.69. The van der Waals surface area contributed by atoms with Crippen LogP contribution in [0.5, 0.6) is 0 Å². The van der Waals surface area contributed by atoms with E-state index < -0.39 is 0 Å². The summed E-state index contributed by atoms with van der Waals surface area (Å²) in [7, 11) is 2.13. The van der Waals surface area contributed by atoms with E-state index in [2.05, 4.69) is 37.3 Å². The molecule has 1 saturated heterocycles. The van der Waals surface area contributed by atoms with Crippen molar-refractivity contribution in [2.75, 3.05) is 49.2 Å². The molecule has 1 aliphatic heterocycles. The van der Waals surface area contributed by atoms with Gasteiger partial charge in [0.25, 0.3) is 0 Å². The van der Waals surface area contributed by atoms with Gasteiger partial charge in [-0.2, -0.15) is 5.10 Å². The number of hydrogen-bond acceptors (Lipinski definition) is 7. The fraction of sp³-hybridized carbons (Fsp3) is 0.286. The number of aromatic amines is 1. The molecule has 0 bridgehead atoms. The number of benzene rings is 1. The first-order valence-corrected chi connectivity index (χ1v) is 9.71. The summed E-state index contributed by atoms with van der Waals surface area (Å²) >= 11 is 0. The van der Waals surface area contributed by atoms with Gasteiger partial charge in [0.2, 0.25) is 0 Å². The Labute approximate surface area is 170 Å². The van der Waals surface area contributed by atoms with Crippen molar-refractivity contribution in [3.8, 4) is 0 Å². The minimum Gasteiger partial charge on any atom is -0.393 e. The number of nitrogens with one attached hydrogen (secondary N) is 2. The first-order chi connectivity index (χ1) is 14.1. The van der Waals surface area contributed by atoms with Crippen LogP contribution in [0.25, 0.3) is 12.2 Å². The van der Waals surface area contributed by atoms with Gasteiger partial charge < -0.3 is 20.9 Å². The molecule has 29 heavy (non-hydrogen) atoms. The second-order valence-corrected chi connectivity index (χ2v) is 7.26. The molecule has 1 aliphatic rings. The molecule has 0 aliphatic carbocycles. The Morgan fingerprint density at radius 1 is 1.07 bits per heavy atom. The van der Waals surface area contributed by atoms with Gasteiger partial charge in [0.15, 0.2) is 23.3 Å². The standard InChI is InChI=1S/C21H26N8/c1-15-14-18(27-26-15)24-20-19(22)21(29-12-10-28(2)11-13-29)25-17(23-20)9-8-16-6-4-3-5-7-16/h3-9,14H,10-13,22H2,1-2H3,(H2,23,24,25,26,27)/b9-8+. The number of hydrogen-bond donors (Lipinski definition) is 3. The van der Waals surface area contributed by atoms with E-state index in [0.29, 0.717) is 23.1 Å². The van der Waals surface area contributed by atoms with Crippen LogP contribution in [0.3, 0.4) is 0 Å². The lowest BCUT2D eigenvalue weighted by Crippen LogP contribution is -2.45. The monoisotopic (exact) mass is 390 g/mol. The SMILES string of the molecule is Cc1cc(Nc2nc(/C=C/c3ccccc3)nc(N3CCN(C)CC3)c2N)n[nH]1. The van der Waals surface area contributed by atoms with Gasteiger partial charge >= 0.3 is 0 Å². The molecule has 4 N–H and O–H groups in total. The molecule has 3 heterocycles. The highest BCUT2D eigenvalue weighted by molar-refractivity contribution is 5.80. The summed E-state index contributed by atoms with van der Waals surface area (Å²) in [4.78, 5) is 13.9. The maximum absolute atomic E-state index is 6.47. The summed E-state index contributed by atoms with van der Waals surface area (Å²) in [5.41, 5.74) is 9.06. The summed E-state index contributed by atoms with van der Waals surface area (Å²) in [6.07, 6.45) is 3.91. The third kappa shape index (κ3) is 4.55. The summed E-state index contributed by atoms with van der Waals surface area (Å²) in [6, 6.07) is 12.0. The Hall–Kier alpha value is -3.39. The molecule has 0 unspecified atom stereocenters. The number of aromatic nitrogens is 4. The summed E-state index contributed by atoms with van der Waals surface area (Å²) in [5.74, 6) is 2.60. The van der Waals surface area contributed by atoms with E-state index in [1.807, 2.05) is 55.5 Å². The van der Waals surface area contributed by atoms with Crippen molar-refractivity contribution in [2.45, 2.75) is 6.92 Å². The number of aryl methyl sites for hydroxylation is 1. The van der Waals surface area contributed by atoms with Crippen LogP contribution in [0.4, 0.5) is 23.1 Å². The van der Waals surface area contributed by atoms with E-state index in [-0.39, 0.29) is 0 Å². The highest BCUT2D eigenvalue weighted by Crippen LogP contribution is 2.30. The van der Waals surface area contributed by atoms with Crippen LogP contribution in [0.15, 0.2) is 36.4 Å². The van der Waals surface area contributed by atoms with E-state index in [1.54, 1.807) is 0 Å². The predicted molar refractivity (Wildman–Crippen MR) is 118 cm³/mol. The second kappa shape index (κ2) is 8.32. The molecule has 150 valence electrons. The minimum atomic E-state index is 0.534. The zero-order chi connectivity index (χ0) is 20.2. The molecule has 8 heteroatoms. The van der Waals surface area contributed by atoms with E-state index in [4.69, 9.17) is 10.7 Å². The van der Waals surface area contributed by atoms with Gasteiger partial charge in [-0.15, -0.1) is 0 Å². The summed E-state index contributed by atoms with van der Waals surface area (Å²) in [6.45, 7) is 5.64. The van der Waals surface area contributed by atoms with Crippen LogP contribution in [0.1, 0.15) is 17.1 Å². The van der Waals surface area contributed by atoms with Crippen molar-refractivity contribution in [2.24, 2.45) is 0 Å². The van der Waals surface area contributed by atoms with Gasteiger partial charge in [-0.25, -0.2) is 9.97 Å². The number of nitrogen functional groups attached to an aromatic ring is 1. The molecule has 1 fully saturated rings. The van der Waals surface area contributed by atoms with Gasteiger partial charge in [0.1, 0.15) is 5.69 Å². The third-order valence-electron chi connectivity index (χ3n) is 4.92. The number of nitrogens with zero attached hydrogens (tertiary/aromatic N) is 5. The average Bonchev–Trinajstić information content (AvgIpc) is 3.14. The summed E-state index contributed by atoms with van der Waals surface area (Å²) < 4.78 is 0. The number of anilines is 4. The Morgan fingerprint density at radius 3 is 2.52 bits per heavy atom. The number of piperazine rings is 1. The van der Waals surface area contributed by atoms with Crippen molar-refractivity contribution < 1.29 is 0 Å². The van der Waals surface area contributed by atoms with Crippen molar-refractivity contribution in [3.63, 3.8) is 0 Å². The van der Waals surface area contributed by atoms with Crippen LogP contribution >= 0.6 is 0 Å². The maximum Gasteiger partial charge on any atom is 0.161 e. The number of H-pyrrole nitrogens is 1. The quantitative estimate of drug-likeness (QED) is 0.616. The fourth-order valence-electron chi connectivity index (χ4n) is 3.24. The van der Waals surface area contributed by atoms with Crippen LogP contribution in [-0.2, 0) is 0 Å². The van der Waals surface area contributed by atoms with Gasteiger partial charge in [-0.1, -0.05) is 36.4 Å². The Morgan fingerprint density at radius 2 is 1.83 bits per heavy atom. The van der Waals surface area contributed by atoms with Crippen molar-refractivity contribution in [1.82, 2.24) is 25.1 Å². The van der Waals surface area contributed by atoms with Crippen molar-refractivity contribution in [1.29, 1.82) is 0 Å². The maximum atomic E-state index is 6.47. The van der Waals surface area contributed by atoms with Gasteiger partial charge in [-0.3, -0.25) is 5.10 Å². The van der Waals surface area contributed by atoms with Crippen LogP contribution in [-0.4, -0.2) is 58.3 Å². The fourth-order valence-corrected chi connectivity index (χ4v) is 3.24. The molecule has 0 spiro atoms. The number of rotatable bonds is 5. The van der Waals surface area contributed by atoms with E-state index >= 15 is 0 Å². The molecular formula is C21H26N8. The first kappa shape index (κ1) is 18.9. The van der Waals surface area contributed by atoms with Gasteiger partial charge in [-0.05, 0) is 25.6 Å². The van der Waals surface area contributed by atoms with E-state index in [0.717, 1.165) is 43.3 Å². The Kier molecular flexibility index (Phi) is 5.44. The van der Waals surface area contributed by atoms with Crippen LogP contribution < -0.4 is 16.0 Å². The molecule has 1 aromatic carbocycles. The smallest absolute Gasteiger partial charge is 0.161 e. The topological polar surface area (TPSA) is 99.0 Å². The highest BCUT2D eigenvalue weighted by atomic mass is 15.3. The van der Waals surface area contributed by atoms with Crippen molar-refractivity contribution >= 4 is 35.3 Å². The largest absolute Gasteiger partial charge is 0.393 e. The van der Waals surface area contributed by atoms with Gasteiger partial charge in [0, 0.05) is 37.9 Å². The molecule has 0 radical (unpaired) electrons. The normalized spacial score (nSPS) is 15.2. The predicted octanol–water partition coefficient (Wildman–Crippen LogP) is 2.76. The average molecular weight is 390 g/mol. The third-order valence-corrected chi connectivity index (χ3v) is 4.92. The molecule has 4 rings (SSSR count). The van der Waals surface area contributed by atoms with Crippen LogP contribution in [0, 0.1) is 6.92 Å². The lowest BCUT2D eigenvalue weighted by Gasteiger charge is -2.34. The molecule has 0 amide bonds. The molecule has 0 atom stereocenters. The lowest BCUT2D eigenvalue weighted by atomic mass is 10.2. The van der Waals surface area contributed by atoms with E-state index in [1.165, 1.54) is 0 Å². The molecule has 2 aromatic heterocycles. The van der Waals surface area contributed by atoms with Crippen LogP contribution in [0.2, 0.25) is 0 Å². The zero-order valence-corrected chi connectivity index (χ0v) is 16.8. The summed E-state index contributed by atoms with van der Waals surface area (Å²) in [5, 5.41) is 10.4. The minimum absolute atomic E-state index is 0.534. The zero-order valence-electron chi connectivity index (χ0n) is 16.8. The van der Waals surface area contributed by atoms with Crippen molar-refractivity contribution in [3.05, 3.63) is 53.5 Å². The molecule has 3 aromatic rings. The van der Waals surface area contributed by atoms with E-state index in [9.17, 15) is 0 Å². The van der Waals surface area contributed by atoms with Gasteiger partial charge in [0.05, 0.1) is 0 Å². The molecular weight excluding hydrogens is 364 g/mol. The molecule has 0 saturated carbocycles. The Bertz CT molecular complexity index is 987. The number of nitrogens with two attached hydrogens (primary N) is 1. The number of likely N-dealkylation sites (N-methyl/N-ethyl adjacent to an activating group) is 1. The highest BCUT2D eigenvalue weighted by Gasteiger charge is 2.21. The lowest BCUT2D eigenvalue weighted by molar-refractivity contribution is 0.312.